The molecule has 4 rings (SSSR count). The lowest BCUT2D eigenvalue weighted by molar-refractivity contribution is -0.123. The molecule has 0 radical (unpaired) electrons. The molecule has 1 heterocycles. The average Bonchev–Trinajstić information content (AvgIpc) is 2.84. The number of methoxy groups -OCH3 is 2. The number of fused-ring (bicyclic) bond motifs is 1. The molecule has 3 aromatic carbocycles. The third-order valence-corrected chi connectivity index (χ3v) is 5.35. The summed E-state index contributed by atoms with van der Waals surface area (Å²) in [6, 6.07) is 22.2. The van der Waals surface area contributed by atoms with Gasteiger partial charge in [0.15, 0.2) is 0 Å². The highest BCUT2D eigenvalue weighted by molar-refractivity contribution is 6.31. The number of benzene rings is 3. The summed E-state index contributed by atoms with van der Waals surface area (Å²) < 4.78 is 10.6. The number of ether oxygens (including phenoxy) is 2. The zero-order valence-corrected chi connectivity index (χ0v) is 17.9. The average molecular weight is 425 g/mol. The van der Waals surface area contributed by atoms with Crippen LogP contribution in [0.15, 0.2) is 84.9 Å². The summed E-state index contributed by atoms with van der Waals surface area (Å²) in [5, 5.41) is 0. The van der Waals surface area contributed by atoms with Gasteiger partial charge in [-0.05, 0) is 41.5 Å². The fourth-order valence-corrected chi connectivity index (χ4v) is 3.67. The number of nitrogens with zero attached hydrogens (tertiary/aromatic N) is 1. The molecule has 0 unspecified atom stereocenters. The van der Waals surface area contributed by atoms with Gasteiger partial charge in [0, 0.05) is 16.7 Å². The van der Waals surface area contributed by atoms with Gasteiger partial charge in [0.2, 0.25) is 0 Å². The second-order valence-corrected chi connectivity index (χ2v) is 7.27. The van der Waals surface area contributed by atoms with Crippen molar-refractivity contribution >= 4 is 23.5 Å². The van der Waals surface area contributed by atoms with Crippen LogP contribution in [0.25, 0.3) is 11.6 Å². The van der Waals surface area contributed by atoms with Crippen molar-refractivity contribution in [2.75, 3.05) is 14.2 Å². The van der Waals surface area contributed by atoms with Crippen LogP contribution in [0, 0.1) is 0 Å². The van der Waals surface area contributed by atoms with Gasteiger partial charge in [-0.25, -0.2) is 0 Å². The van der Waals surface area contributed by atoms with Gasteiger partial charge in [-0.3, -0.25) is 14.5 Å². The summed E-state index contributed by atoms with van der Waals surface area (Å²) in [4.78, 5) is 27.7. The van der Waals surface area contributed by atoms with Crippen LogP contribution < -0.4 is 9.47 Å². The molecular weight excluding hydrogens is 402 g/mol. The standard InChI is InChI=1S/C27H23NO4/c1-31-21-16-14-19(15-17-21)18-28-26(29)23-11-5-4-10-22(23)24(27(28)30)12-7-9-20-8-3-6-13-25(20)32-2/h3-17H,18H2,1-2H3/b9-7+,24-12+. The minimum atomic E-state index is -0.325. The second-order valence-electron chi connectivity index (χ2n) is 7.27. The van der Waals surface area contributed by atoms with Crippen molar-refractivity contribution in [3.63, 3.8) is 0 Å². The molecule has 0 saturated heterocycles. The molecule has 1 aliphatic heterocycles. The summed E-state index contributed by atoms with van der Waals surface area (Å²) in [5.74, 6) is 0.841. The zero-order chi connectivity index (χ0) is 22.5. The fourth-order valence-electron chi connectivity index (χ4n) is 3.67. The summed E-state index contributed by atoms with van der Waals surface area (Å²) in [6.07, 6.45) is 5.44. The van der Waals surface area contributed by atoms with Gasteiger partial charge in [-0.2, -0.15) is 0 Å². The Hall–Kier alpha value is -4.12. The fraction of sp³-hybridized carbons (Fsp3) is 0.111. The van der Waals surface area contributed by atoms with Gasteiger partial charge in [0.05, 0.1) is 20.8 Å². The predicted octanol–water partition coefficient (Wildman–Crippen LogP) is 4.98. The van der Waals surface area contributed by atoms with E-state index in [1.807, 2.05) is 66.7 Å². The Balaban J connectivity index is 1.68. The van der Waals surface area contributed by atoms with Crippen LogP contribution in [0.4, 0.5) is 0 Å². The molecule has 0 saturated carbocycles. The maximum atomic E-state index is 13.3. The number of hydrogen-bond donors (Lipinski definition) is 0. The molecule has 0 bridgehead atoms. The highest BCUT2D eigenvalue weighted by atomic mass is 16.5. The molecule has 5 nitrogen and oxygen atoms in total. The number of amides is 2. The van der Waals surface area contributed by atoms with Crippen molar-refractivity contribution in [1.82, 2.24) is 4.90 Å². The third kappa shape index (κ3) is 4.18. The van der Waals surface area contributed by atoms with Crippen LogP contribution in [0.5, 0.6) is 11.5 Å². The molecule has 0 atom stereocenters. The van der Waals surface area contributed by atoms with Gasteiger partial charge in [-0.1, -0.05) is 60.7 Å². The number of hydrogen-bond acceptors (Lipinski definition) is 4. The summed E-state index contributed by atoms with van der Waals surface area (Å²) in [5.41, 5.74) is 3.36. The van der Waals surface area contributed by atoms with E-state index in [4.69, 9.17) is 9.47 Å². The number of carbonyl (C=O) groups is 2. The first-order valence-electron chi connectivity index (χ1n) is 10.2. The van der Waals surface area contributed by atoms with E-state index in [1.165, 1.54) is 4.90 Å². The van der Waals surface area contributed by atoms with E-state index >= 15 is 0 Å². The van der Waals surface area contributed by atoms with Crippen molar-refractivity contribution < 1.29 is 19.1 Å². The quantitative estimate of drug-likeness (QED) is 0.413. The Morgan fingerprint density at radius 3 is 2.19 bits per heavy atom. The Bertz CT molecular complexity index is 1210. The highest BCUT2D eigenvalue weighted by Gasteiger charge is 2.34. The topological polar surface area (TPSA) is 55.8 Å². The molecular formula is C27H23NO4. The molecule has 0 spiro atoms. The molecule has 0 aliphatic carbocycles. The molecule has 160 valence electrons. The van der Waals surface area contributed by atoms with Crippen molar-refractivity contribution in [1.29, 1.82) is 0 Å². The van der Waals surface area contributed by atoms with Gasteiger partial charge in [0.25, 0.3) is 11.8 Å². The van der Waals surface area contributed by atoms with Crippen molar-refractivity contribution in [2.45, 2.75) is 6.54 Å². The molecule has 0 aromatic heterocycles. The van der Waals surface area contributed by atoms with E-state index in [0.717, 1.165) is 22.6 Å². The van der Waals surface area contributed by atoms with Gasteiger partial charge < -0.3 is 9.47 Å². The number of rotatable bonds is 6. The molecule has 2 amide bonds. The SMILES string of the molecule is COc1ccc(CN2C(=O)/C(=C/C=C/c3ccccc3OC)c3ccccc3C2=O)cc1. The van der Waals surface area contributed by atoms with Crippen LogP contribution >= 0.6 is 0 Å². The second kappa shape index (κ2) is 9.35. The molecule has 3 aromatic rings. The number of allylic oxidation sites excluding steroid dienone is 2. The van der Waals surface area contributed by atoms with Gasteiger partial charge in [-0.15, -0.1) is 0 Å². The summed E-state index contributed by atoms with van der Waals surface area (Å²) in [6.45, 7) is 0.184. The van der Waals surface area contributed by atoms with Gasteiger partial charge >= 0.3 is 0 Å². The van der Waals surface area contributed by atoms with Crippen LogP contribution in [0.2, 0.25) is 0 Å². The lowest BCUT2D eigenvalue weighted by Crippen LogP contribution is -2.41. The maximum Gasteiger partial charge on any atom is 0.261 e. The van der Waals surface area contributed by atoms with E-state index in [0.29, 0.717) is 16.7 Å². The van der Waals surface area contributed by atoms with Crippen molar-refractivity contribution in [3.8, 4) is 11.5 Å². The minimum Gasteiger partial charge on any atom is -0.497 e. The predicted molar refractivity (Wildman–Crippen MR) is 124 cm³/mol. The maximum absolute atomic E-state index is 13.3. The van der Waals surface area contributed by atoms with E-state index < -0.39 is 0 Å². The largest absolute Gasteiger partial charge is 0.497 e. The highest BCUT2D eigenvalue weighted by Crippen LogP contribution is 2.30. The van der Waals surface area contributed by atoms with Crippen molar-refractivity contribution in [3.05, 3.63) is 107 Å². The van der Waals surface area contributed by atoms with E-state index in [2.05, 4.69) is 0 Å². The number of imide groups is 1. The van der Waals surface area contributed by atoms with Crippen LogP contribution in [-0.4, -0.2) is 30.9 Å². The van der Waals surface area contributed by atoms with Gasteiger partial charge in [0.1, 0.15) is 11.5 Å². The van der Waals surface area contributed by atoms with Crippen LogP contribution in [-0.2, 0) is 11.3 Å². The first-order chi connectivity index (χ1) is 15.6. The van der Waals surface area contributed by atoms with Crippen LogP contribution in [0.1, 0.15) is 27.0 Å². The Labute approximate surface area is 187 Å². The van der Waals surface area contributed by atoms with E-state index in [9.17, 15) is 9.59 Å². The minimum absolute atomic E-state index is 0.184. The molecule has 32 heavy (non-hydrogen) atoms. The summed E-state index contributed by atoms with van der Waals surface area (Å²) >= 11 is 0. The molecule has 0 fully saturated rings. The van der Waals surface area contributed by atoms with Crippen molar-refractivity contribution in [2.24, 2.45) is 0 Å². The third-order valence-electron chi connectivity index (χ3n) is 5.35. The molecule has 1 aliphatic rings. The smallest absolute Gasteiger partial charge is 0.261 e. The van der Waals surface area contributed by atoms with Crippen LogP contribution in [0.3, 0.4) is 0 Å². The van der Waals surface area contributed by atoms with E-state index in [-0.39, 0.29) is 18.4 Å². The lowest BCUT2D eigenvalue weighted by atomic mass is 9.92. The molecule has 0 N–H and O–H groups in total. The Morgan fingerprint density at radius 1 is 0.781 bits per heavy atom. The summed E-state index contributed by atoms with van der Waals surface area (Å²) in [7, 11) is 3.22. The monoisotopic (exact) mass is 425 g/mol. The molecule has 5 heteroatoms. The first-order valence-corrected chi connectivity index (χ1v) is 10.2. The Morgan fingerprint density at radius 2 is 1.47 bits per heavy atom. The van der Waals surface area contributed by atoms with E-state index in [1.54, 1.807) is 38.5 Å². The normalized spacial score (nSPS) is 14.7. The Kier molecular flexibility index (Phi) is 6.17. The zero-order valence-electron chi connectivity index (χ0n) is 17.9. The number of para-hydroxylation sites is 1. The number of carbonyl (C=O) groups excluding carboxylic acids is 2. The first kappa shape index (κ1) is 21.1. The lowest BCUT2D eigenvalue weighted by Gasteiger charge is -2.28.